The summed E-state index contributed by atoms with van der Waals surface area (Å²) in [5.41, 5.74) is 0.126. The standard InChI is InChI=1S/C12H11ClN4O2S2/c13-9-3-4-11(17-10(9)8-14)15-5-6-16-21(18,19)12-2-1-7-20-12/h1-4,7,16H,5-6H2,(H,15,17). The van der Waals surface area contributed by atoms with Gasteiger partial charge in [0.25, 0.3) is 0 Å². The van der Waals surface area contributed by atoms with Crippen LogP contribution in [0.4, 0.5) is 5.82 Å². The average Bonchev–Trinajstić information content (AvgIpc) is 3.00. The van der Waals surface area contributed by atoms with Gasteiger partial charge in [-0.3, -0.25) is 0 Å². The van der Waals surface area contributed by atoms with Crippen LogP contribution in [0.3, 0.4) is 0 Å². The van der Waals surface area contributed by atoms with Crippen LogP contribution in [0.15, 0.2) is 33.9 Å². The van der Waals surface area contributed by atoms with E-state index in [9.17, 15) is 8.42 Å². The van der Waals surface area contributed by atoms with Crippen LogP contribution >= 0.6 is 22.9 Å². The number of thiophene rings is 1. The van der Waals surface area contributed by atoms with Gasteiger partial charge >= 0.3 is 0 Å². The predicted molar refractivity (Wildman–Crippen MR) is 82.0 cm³/mol. The van der Waals surface area contributed by atoms with Crippen LogP contribution in [-0.4, -0.2) is 26.5 Å². The Bertz CT molecular complexity index is 754. The highest BCUT2D eigenvalue weighted by Gasteiger charge is 2.13. The van der Waals surface area contributed by atoms with Crippen LogP contribution in [0.1, 0.15) is 5.69 Å². The zero-order valence-corrected chi connectivity index (χ0v) is 13.1. The van der Waals surface area contributed by atoms with E-state index in [0.717, 1.165) is 11.3 Å². The van der Waals surface area contributed by atoms with Crippen LogP contribution in [0.25, 0.3) is 0 Å². The third-order valence-electron chi connectivity index (χ3n) is 2.44. The Morgan fingerprint density at radius 3 is 2.81 bits per heavy atom. The van der Waals surface area contributed by atoms with Crippen molar-refractivity contribution in [2.24, 2.45) is 0 Å². The molecule has 6 nitrogen and oxygen atoms in total. The van der Waals surface area contributed by atoms with Gasteiger partial charge in [0.1, 0.15) is 16.1 Å². The lowest BCUT2D eigenvalue weighted by Crippen LogP contribution is -2.28. The third-order valence-corrected chi connectivity index (χ3v) is 5.60. The van der Waals surface area contributed by atoms with Gasteiger partial charge in [-0.1, -0.05) is 17.7 Å². The maximum atomic E-state index is 11.8. The molecule has 0 saturated carbocycles. The molecule has 0 bridgehead atoms. The normalized spacial score (nSPS) is 11.0. The molecule has 21 heavy (non-hydrogen) atoms. The SMILES string of the molecule is N#Cc1nc(NCCNS(=O)(=O)c2cccs2)ccc1Cl. The largest absolute Gasteiger partial charge is 0.369 e. The number of nitrogens with zero attached hydrogens (tertiary/aromatic N) is 2. The first-order chi connectivity index (χ1) is 10.0. The molecule has 0 atom stereocenters. The van der Waals surface area contributed by atoms with Gasteiger partial charge in [-0.2, -0.15) is 5.26 Å². The lowest BCUT2D eigenvalue weighted by atomic mass is 10.3. The number of anilines is 1. The van der Waals surface area contributed by atoms with Crippen molar-refractivity contribution in [1.29, 1.82) is 5.26 Å². The highest BCUT2D eigenvalue weighted by atomic mass is 35.5. The molecule has 0 radical (unpaired) electrons. The quantitative estimate of drug-likeness (QED) is 0.783. The van der Waals surface area contributed by atoms with Crippen molar-refractivity contribution < 1.29 is 8.42 Å². The van der Waals surface area contributed by atoms with Gasteiger partial charge in [0.2, 0.25) is 10.0 Å². The third kappa shape index (κ3) is 4.15. The van der Waals surface area contributed by atoms with E-state index in [2.05, 4.69) is 15.0 Å². The number of hydrogen-bond donors (Lipinski definition) is 2. The van der Waals surface area contributed by atoms with Crippen molar-refractivity contribution in [2.45, 2.75) is 4.21 Å². The molecular weight excluding hydrogens is 332 g/mol. The first kappa shape index (κ1) is 15.7. The molecule has 0 aliphatic carbocycles. The van der Waals surface area contributed by atoms with Gasteiger partial charge in [0.05, 0.1) is 5.02 Å². The van der Waals surface area contributed by atoms with E-state index in [1.807, 2.05) is 6.07 Å². The molecule has 0 saturated heterocycles. The highest BCUT2D eigenvalue weighted by Crippen LogP contribution is 2.16. The summed E-state index contributed by atoms with van der Waals surface area (Å²) in [7, 11) is -3.46. The summed E-state index contributed by atoms with van der Waals surface area (Å²) in [4.78, 5) is 4.00. The molecule has 0 amide bonds. The second kappa shape index (κ2) is 6.87. The van der Waals surface area contributed by atoms with Gasteiger partial charge in [-0.05, 0) is 23.6 Å². The lowest BCUT2D eigenvalue weighted by Gasteiger charge is -2.07. The Kier molecular flexibility index (Phi) is 5.14. The van der Waals surface area contributed by atoms with Crippen molar-refractivity contribution in [1.82, 2.24) is 9.71 Å². The summed E-state index contributed by atoms with van der Waals surface area (Å²) >= 11 is 6.93. The molecule has 0 aromatic carbocycles. The minimum absolute atomic E-state index is 0.126. The number of nitriles is 1. The van der Waals surface area contributed by atoms with Crippen LogP contribution in [0.2, 0.25) is 5.02 Å². The number of hydrogen-bond acceptors (Lipinski definition) is 6. The molecule has 0 aliphatic heterocycles. The smallest absolute Gasteiger partial charge is 0.250 e. The van der Waals surface area contributed by atoms with E-state index in [1.54, 1.807) is 29.6 Å². The van der Waals surface area contributed by atoms with Gasteiger partial charge in [0.15, 0.2) is 5.69 Å². The number of pyridine rings is 1. The Morgan fingerprint density at radius 1 is 1.33 bits per heavy atom. The second-order valence-corrected chi connectivity index (χ2v) is 7.24. The molecule has 0 unspecified atom stereocenters. The molecule has 2 heterocycles. The molecule has 2 N–H and O–H groups in total. The number of halogens is 1. The van der Waals surface area contributed by atoms with E-state index >= 15 is 0 Å². The first-order valence-corrected chi connectivity index (χ1v) is 8.61. The fourth-order valence-corrected chi connectivity index (χ4v) is 3.70. The molecule has 0 spiro atoms. The van der Waals surface area contributed by atoms with Crippen molar-refractivity contribution >= 4 is 38.8 Å². The van der Waals surface area contributed by atoms with Crippen LogP contribution in [-0.2, 0) is 10.0 Å². The molecule has 0 fully saturated rings. The molecule has 110 valence electrons. The van der Waals surface area contributed by atoms with E-state index < -0.39 is 10.0 Å². The Labute approximate surface area is 131 Å². The minimum atomic E-state index is -3.46. The van der Waals surface area contributed by atoms with Gasteiger partial charge < -0.3 is 5.32 Å². The summed E-state index contributed by atoms with van der Waals surface area (Å²) in [6.45, 7) is 0.538. The molecule has 0 aliphatic rings. The van der Waals surface area contributed by atoms with Gasteiger partial charge in [0, 0.05) is 13.1 Å². The number of nitrogens with one attached hydrogen (secondary N) is 2. The molecule has 2 aromatic heterocycles. The predicted octanol–water partition coefficient (Wildman–Crippen LogP) is 2.06. The lowest BCUT2D eigenvalue weighted by molar-refractivity contribution is 0.585. The average molecular weight is 343 g/mol. The number of sulfonamides is 1. The zero-order valence-electron chi connectivity index (χ0n) is 10.7. The first-order valence-electron chi connectivity index (χ1n) is 5.86. The van der Waals surface area contributed by atoms with E-state index in [4.69, 9.17) is 16.9 Å². The van der Waals surface area contributed by atoms with Crippen molar-refractivity contribution in [2.75, 3.05) is 18.4 Å². The van der Waals surface area contributed by atoms with E-state index in [0.29, 0.717) is 12.4 Å². The maximum Gasteiger partial charge on any atom is 0.250 e. The Hall–Kier alpha value is -1.66. The van der Waals surface area contributed by atoms with Crippen molar-refractivity contribution in [3.05, 3.63) is 40.4 Å². The maximum absolute atomic E-state index is 11.8. The summed E-state index contributed by atoms with van der Waals surface area (Å²) in [6, 6.07) is 8.28. The molecule has 2 rings (SSSR count). The topological polar surface area (TPSA) is 94.9 Å². The van der Waals surface area contributed by atoms with E-state index in [-0.39, 0.29) is 21.5 Å². The summed E-state index contributed by atoms with van der Waals surface area (Å²) in [5.74, 6) is 0.464. The van der Waals surface area contributed by atoms with Crippen molar-refractivity contribution in [3.63, 3.8) is 0 Å². The van der Waals surface area contributed by atoms with Crippen molar-refractivity contribution in [3.8, 4) is 6.07 Å². The summed E-state index contributed by atoms with van der Waals surface area (Å²) in [6.07, 6.45) is 0. The molecule has 2 aromatic rings. The highest BCUT2D eigenvalue weighted by molar-refractivity contribution is 7.91. The Balaban J connectivity index is 1.87. The van der Waals surface area contributed by atoms with E-state index in [1.165, 1.54) is 0 Å². The Morgan fingerprint density at radius 2 is 2.14 bits per heavy atom. The fraction of sp³-hybridized carbons (Fsp3) is 0.167. The number of aromatic nitrogens is 1. The summed E-state index contributed by atoms with van der Waals surface area (Å²) < 4.78 is 26.4. The van der Waals surface area contributed by atoms with Crippen LogP contribution in [0.5, 0.6) is 0 Å². The monoisotopic (exact) mass is 342 g/mol. The minimum Gasteiger partial charge on any atom is -0.369 e. The van der Waals surface area contributed by atoms with Gasteiger partial charge in [-0.15, -0.1) is 11.3 Å². The molecule has 9 heteroatoms. The van der Waals surface area contributed by atoms with Gasteiger partial charge in [-0.25, -0.2) is 18.1 Å². The number of rotatable bonds is 6. The second-order valence-electron chi connectivity index (χ2n) is 3.90. The molecular formula is C12H11ClN4O2S2. The zero-order chi connectivity index (χ0) is 15.3. The summed E-state index contributed by atoms with van der Waals surface area (Å²) in [5, 5.41) is 13.7. The fourth-order valence-electron chi connectivity index (χ4n) is 1.48. The van der Waals surface area contributed by atoms with Crippen LogP contribution in [0, 0.1) is 11.3 Å². The van der Waals surface area contributed by atoms with Crippen LogP contribution < -0.4 is 10.0 Å².